The summed E-state index contributed by atoms with van der Waals surface area (Å²) in [4.78, 5) is 0. The summed E-state index contributed by atoms with van der Waals surface area (Å²) in [6.45, 7) is 2.48. The molecule has 0 radical (unpaired) electrons. The van der Waals surface area contributed by atoms with Crippen LogP contribution in [-0.4, -0.2) is 0 Å². The molecule has 2 rings (SSSR count). The lowest BCUT2D eigenvalue weighted by molar-refractivity contribution is 0.476. The van der Waals surface area contributed by atoms with E-state index in [-0.39, 0.29) is 0 Å². The smallest absolute Gasteiger partial charge is 0.132 e. The maximum absolute atomic E-state index is 5.82. The molecule has 0 aliphatic heterocycles. The second kappa shape index (κ2) is 5.21. The van der Waals surface area contributed by atoms with Crippen molar-refractivity contribution in [1.82, 2.24) is 0 Å². The Bertz CT molecular complexity index is 508. The fourth-order valence-corrected chi connectivity index (χ4v) is 1.68. The fourth-order valence-electron chi connectivity index (χ4n) is 1.56. The molecule has 0 heterocycles. The van der Waals surface area contributed by atoms with E-state index in [1.807, 2.05) is 37.3 Å². The van der Waals surface area contributed by atoms with Gasteiger partial charge in [-0.25, -0.2) is 0 Å². The van der Waals surface area contributed by atoms with Crippen molar-refractivity contribution in [2.45, 2.75) is 13.5 Å². The molecule has 0 aliphatic carbocycles. The first-order chi connectivity index (χ1) is 8.19. The van der Waals surface area contributed by atoms with Crippen LogP contribution in [0, 0.1) is 6.92 Å². The van der Waals surface area contributed by atoms with Crippen LogP contribution in [0.1, 0.15) is 11.1 Å². The largest absolute Gasteiger partial charge is 0.457 e. The van der Waals surface area contributed by atoms with E-state index in [4.69, 9.17) is 22.1 Å². The summed E-state index contributed by atoms with van der Waals surface area (Å²) in [7, 11) is 0. The predicted octanol–water partition coefficient (Wildman–Crippen LogP) is 3.90. The maximum Gasteiger partial charge on any atom is 0.132 e. The van der Waals surface area contributed by atoms with Gasteiger partial charge in [-0.2, -0.15) is 0 Å². The zero-order chi connectivity index (χ0) is 12.3. The molecule has 0 saturated heterocycles. The number of rotatable bonds is 3. The maximum atomic E-state index is 5.82. The molecule has 88 valence electrons. The summed E-state index contributed by atoms with van der Waals surface area (Å²) in [5.74, 6) is 1.56. The number of aryl methyl sites for hydroxylation is 1. The fraction of sp³-hybridized carbons (Fsp3) is 0.143. The number of nitrogens with two attached hydrogens (primary N) is 1. The van der Waals surface area contributed by atoms with Crippen LogP contribution in [0.25, 0.3) is 0 Å². The molecule has 0 bridgehead atoms. The van der Waals surface area contributed by atoms with Gasteiger partial charge < -0.3 is 10.5 Å². The normalized spacial score (nSPS) is 10.3. The average molecular weight is 248 g/mol. The molecular weight excluding hydrogens is 234 g/mol. The van der Waals surface area contributed by atoms with Gasteiger partial charge >= 0.3 is 0 Å². The highest BCUT2D eigenvalue weighted by Crippen LogP contribution is 2.27. The second-order valence-corrected chi connectivity index (χ2v) is 4.31. The minimum Gasteiger partial charge on any atom is -0.457 e. The van der Waals surface area contributed by atoms with Crippen LogP contribution in [0.4, 0.5) is 0 Å². The third kappa shape index (κ3) is 2.99. The molecule has 3 heteroatoms. The molecule has 0 saturated carbocycles. The first-order valence-electron chi connectivity index (χ1n) is 5.42. The Hall–Kier alpha value is -1.51. The van der Waals surface area contributed by atoms with Crippen molar-refractivity contribution in [3.05, 3.63) is 58.6 Å². The Kier molecular flexibility index (Phi) is 3.67. The van der Waals surface area contributed by atoms with Crippen molar-refractivity contribution < 1.29 is 4.74 Å². The second-order valence-electron chi connectivity index (χ2n) is 3.87. The summed E-state index contributed by atoms with van der Waals surface area (Å²) in [5.41, 5.74) is 7.81. The van der Waals surface area contributed by atoms with Gasteiger partial charge in [-0.1, -0.05) is 23.7 Å². The summed E-state index contributed by atoms with van der Waals surface area (Å²) in [5, 5.41) is 0.695. The highest BCUT2D eigenvalue weighted by Gasteiger charge is 2.04. The van der Waals surface area contributed by atoms with Crippen LogP contribution in [0.15, 0.2) is 42.5 Å². The summed E-state index contributed by atoms with van der Waals surface area (Å²) >= 11 is 5.82. The number of hydrogen-bond donors (Lipinski definition) is 1. The van der Waals surface area contributed by atoms with E-state index in [1.54, 1.807) is 12.1 Å². The third-order valence-corrected chi connectivity index (χ3v) is 2.74. The lowest BCUT2D eigenvalue weighted by Crippen LogP contribution is -1.99. The van der Waals surface area contributed by atoms with Gasteiger partial charge in [-0.15, -0.1) is 0 Å². The topological polar surface area (TPSA) is 35.2 Å². The van der Waals surface area contributed by atoms with Crippen LogP contribution in [0.2, 0.25) is 5.02 Å². The first kappa shape index (κ1) is 12.0. The Morgan fingerprint density at radius 1 is 1.12 bits per heavy atom. The monoisotopic (exact) mass is 247 g/mol. The predicted molar refractivity (Wildman–Crippen MR) is 70.6 cm³/mol. The zero-order valence-electron chi connectivity index (χ0n) is 9.61. The van der Waals surface area contributed by atoms with Gasteiger partial charge in [0, 0.05) is 17.1 Å². The minimum atomic E-state index is 0.462. The van der Waals surface area contributed by atoms with E-state index in [0.717, 1.165) is 22.6 Å². The number of hydrogen-bond acceptors (Lipinski definition) is 2. The molecule has 0 aliphatic rings. The van der Waals surface area contributed by atoms with Gasteiger partial charge in [-0.3, -0.25) is 0 Å². The Balaban J connectivity index is 2.28. The van der Waals surface area contributed by atoms with E-state index >= 15 is 0 Å². The molecule has 0 amide bonds. The highest BCUT2D eigenvalue weighted by molar-refractivity contribution is 6.30. The lowest BCUT2D eigenvalue weighted by atomic mass is 10.1. The number of benzene rings is 2. The van der Waals surface area contributed by atoms with Gasteiger partial charge in [0.15, 0.2) is 0 Å². The van der Waals surface area contributed by atoms with Gasteiger partial charge in [-0.05, 0) is 42.8 Å². The molecule has 0 unspecified atom stereocenters. The van der Waals surface area contributed by atoms with E-state index in [9.17, 15) is 0 Å². The Labute approximate surface area is 106 Å². The quantitative estimate of drug-likeness (QED) is 0.893. The molecule has 2 nitrogen and oxygen atoms in total. The van der Waals surface area contributed by atoms with E-state index in [0.29, 0.717) is 11.6 Å². The van der Waals surface area contributed by atoms with Gasteiger partial charge in [0.1, 0.15) is 11.5 Å². The molecular formula is C14H14ClNO. The van der Waals surface area contributed by atoms with Crippen molar-refractivity contribution in [3.8, 4) is 11.5 Å². The molecule has 2 N–H and O–H groups in total. The van der Waals surface area contributed by atoms with Crippen LogP contribution < -0.4 is 10.5 Å². The molecule has 0 fully saturated rings. The number of halogens is 1. The highest BCUT2D eigenvalue weighted by atomic mass is 35.5. The van der Waals surface area contributed by atoms with Crippen molar-refractivity contribution >= 4 is 11.6 Å². The standard InChI is InChI=1S/C14H14ClNO/c1-10-2-3-11(9-16)14(8-10)17-13-6-4-12(15)5-7-13/h2-8H,9,16H2,1H3. The molecule has 0 aromatic heterocycles. The van der Waals surface area contributed by atoms with Crippen molar-refractivity contribution in [2.24, 2.45) is 5.73 Å². The average Bonchev–Trinajstić information content (AvgIpc) is 2.32. The van der Waals surface area contributed by atoms with E-state index < -0.39 is 0 Å². The Morgan fingerprint density at radius 3 is 2.47 bits per heavy atom. The van der Waals surface area contributed by atoms with Gasteiger partial charge in [0.25, 0.3) is 0 Å². The SMILES string of the molecule is Cc1ccc(CN)c(Oc2ccc(Cl)cc2)c1. The van der Waals surface area contributed by atoms with E-state index in [1.165, 1.54) is 0 Å². The number of ether oxygens (including phenoxy) is 1. The van der Waals surface area contributed by atoms with Gasteiger partial charge in [0.2, 0.25) is 0 Å². The molecule has 2 aromatic rings. The van der Waals surface area contributed by atoms with E-state index in [2.05, 4.69) is 0 Å². The zero-order valence-corrected chi connectivity index (χ0v) is 10.4. The molecule has 0 spiro atoms. The Morgan fingerprint density at radius 2 is 1.82 bits per heavy atom. The van der Waals surface area contributed by atoms with Crippen LogP contribution >= 0.6 is 11.6 Å². The molecule has 2 aromatic carbocycles. The molecule has 17 heavy (non-hydrogen) atoms. The van der Waals surface area contributed by atoms with Crippen molar-refractivity contribution in [3.63, 3.8) is 0 Å². The summed E-state index contributed by atoms with van der Waals surface area (Å²) in [6.07, 6.45) is 0. The summed E-state index contributed by atoms with van der Waals surface area (Å²) in [6, 6.07) is 13.3. The third-order valence-electron chi connectivity index (χ3n) is 2.48. The van der Waals surface area contributed by atoms with Crippen LogP contribution in [-0.2, 0) is 6.54 Å². The van der Waals surface area contributed by atoms with Gasteiger partial charge in [0.05, 0.1) is 0 Å². The first-order valence-corrected chi connectivity index (χ1v) is 5.80. The molecule has 0 atom stereocenters. The van der Waals surface area contributed by atoms with Crippen molar-refractivity contribution in [1.29, 1.82) is 0 Å². The minimum absolute atomic E-state index is 0.462. The van der Waals surface area contributed by atoms with Crippen LogP contribution in [0.5, 0.6) is 11.5 Å². The van der Waals surface area contributed by atoms with Crippen LogP contribution in [0.3, 0.4) is 0 Å². The van der Waals surface area contributed by atoms with Crippen molar-refractivity contribution in [2.75, 3.05) is 0 Å². The lowest BCUT2D eigenvalue weighted by Gasteiger charge is -2.10. The summed E-state index contributed by atoms with van der Waals surface area (Å²) < 4.78 is 5.80.